The molecule has 0 unspecified atom stereocenters. The first kappa shape index (κ1) is 14.2. The van der Waals surface area contributed by atoms with E-state index >= 15 is 0 Å². The maximum absolute atomic E-state index is 13.6. The monoisotopic (exact) mass is 261 g/mol. The van der Waals surface area contributed by atoms with E-state index < -0.39 is 29.2 Å². The van der Waals surface area contributed by atoms with Gasteiger partial charge in [-0.15, -0.1) is 0 Å². The fraction of sp³-hybridized carbons (Fsp3) is 0.364. The third kappa shape index (κ3) is 2.67. The summed E-state index contributed by atoms with van der Waals surface area (Å²) in [5.74, 6) is -6.66. The highest BCUT2D eigenvalue weighted by molar-refractivity contribution is 5.79. The SMILES string of the molecule is CCOC(=O)C(F)(F)[C@@H](N)c1cc(O)ccc1O. The lowest BCUT2D eigenvalue weighted by Gasteiger charge is -2.22. The van der Waals surface area contributed by atoms with Crippen molar-refractivity contribution in [3.05, 3.63) is 23.8 Å². The van der Waals surface area contributed by atoms with Crippen LogP contribution in [-0.2, 0) is 9.53 Å². The van der Waals surface area contributed by atoms with Crippen molar-refractivity contribution in [1.29, 1.82) is 0 Å². The normalized spacial score (nSPS) is 13.1. The van der Waals surface area contributed by atoms with Crippen LogP contribution in [0.4, 0.5) is 8.78 Å². The van der Waals surface area contributed by atoms with Gasteiger partial charge in [0, 0.05) is 5.56 Å². The van der Waals surface area contributed by atoms with Gasteiger partial charge in [-0.2, -0.15) is 8.78 Å². The van der Waals surface area contributed by atoms with Gasteiger partial charge in [0.1, 0.15) is 17.5 Å². The van der Waals surface area contributed by atoms with E-state index in [2.05, 4.69) is 4.74 Å². The maximum Gasteiger partial charge on any atom is 0.379 e. The molecule has 0 heterocycles. The van der Waals surface area contributed by atoms with Crippen LogP contribution in [0.15, 0.2) is 18.2 Å². The summed E-state index contributed by atoms with van der Waals surface area (Å²) >= 11 is 0. The Morgan fingerprint density at radius 2 is 2.11 bits per heavy atom. The Hall–Kier alpha value is -1.89. The predicted molar refractivity (Wildman–Crippen MR) is 58.3 cm³/mol. The number of benzene rings is 1. The minimum Gasteiger partial charge on any atom is -0.508 e. The second kappa shape index (κ2) is 5.18. The number of phenols is 2. The van der Waals surface area contributed by atoms with Crippen LogP contribution in [0.2, 0.25) is 0 Å². The van der Waals surface area contributed by atoms with E-state index in [0.717, 1.165) is 18.2 Å². The summed E-state index contributed by atoms with van der Waals surface area (Å²) in [6, 6.07) is 0.871. The number of hydrogen-bond acceptors (Lipinski definition) is 5. The molecule has 7 heteroatoms. The van der Waals surface area contributed by atoms with Crippen LogP contribution in [0.5, 0.6) is 11.5 Å². The summed E-state index contributed by atoms with van der Waals surface area (Å²) in [5, 5.41) is 18.6. The lowest BCUT2D eigenvalue weighted by molar-refractivity contribution is -0.174. The molecule has 0 saturated carbocycles. The molecule has 1 atom stereocenters. The van der Waals surface area contributed by atoms with Gasteiger partial charge in [-0.25, -0.2) is 4.79 Å². The van der Waals surface area contributed by atoms with E-state index in [0.29, 0.717) is 0 Å². The van der Waals surface area contributed by atoms with Crippen molar-refractivity contribution in [2.45, 2.75) is 18.9 Å². The van der Waals surface area contributed by atoms with Gasteiger partial charge >= 0.3 is 11.9 Å². The first-order valence-corrected chi connectivity index (χ1v) is 5.13. The number of nitrogens with two attached hydrogens (primary N) is 1. The Morgan fingerprint density at radius 3 is 2.67 bits per heavy atom. The van der Waals surface area contributed by atoms with Crippen molar-refractivity contribution in [2.24, 2.45) is 5.73 Å². The van der Waals surface area contributed by atoms with Gasteiger partial charge in [0.15, 0.2) is 0 Å². The lowest BCUT2D eigenvalue weighted by atomic mass is 10.00. The lowest BCUT2D eigenvalue weighted by Crippen LogP contribution is -2.41. The largest absolute Gasteiger partial charge is 0.508 e. The number of rotatable bonds is 4. The molecule has 1 aromatic carbocycles. The molecule has 0 saturated heterocycles. The molecule has 4 N–H and O–H groups in total. The number of esters is 1. The summed E-state index contributed by atoms with van der Waals surface area (Å²) in [7, 11) is 0. The van der Waals surface area contributed by atoms with Crippen molar-refractivity contribution in [3.63, 3.8) is 0 Å². The minimum absolute atomic E-state index is 0.215. The molecule has 18 heavy (non-hydrogen) atoms. The molecule has 0 radical (unpaired) electrons. The molecule has 0 bridgehead atoms. The zero-order valence-electron chi connectivity index (χ0n) is 9.56. The second-order valence-corrected chi connectivity index (χ2v) is 3.56. The van der Waals surface area contributed by atoms with Crippen LogP contribution in [-0.4, -0.2) is 28.7 Å². The van der Waals surface area contributed by atoms with E-state index in [9.17, 15) is 18.7 Å². The highest BCUT2D eigenvalue weighted by Gasteiger charge is 2.48. The summed E-state index contributed by atoms with van der Waals surface area (Å²) in [4.78, 5) is 11.1. The summed E-state index contributed by atoms with van der Waals surface area (Å²) in [6.07, 6.45) is 0. The number of carbonyl (C=O) groups is 1. The third-order valence-electron chi connectivity index (χ3n) is 2.28. The molecular formula is C11H13F2NO4. The molecule has 0 fully saturated rings. The third-order valence-corrected chi connectivity index (χ3v) is 2.28. The molecule has 100 valence electrons. The van der Waals surface area contributed by atoms with Crippen LogP contribution in [0.1, 0.15) is 18.5 Å². The number of hydrogen-bond donors (Lipinski definition) is 3. The van der Waals surface area contributed by atoms with Crippen LogP contribution in [0.25, 0.3) is 0 Å². The average Bonchev–Trinajstić information content (AvgIpc) is 2.31. The summed E-state index contributed by atoms with van der Waals surface area (Å²) in [6.45, 7) is 1.17. The molecule has 0 spiro atoms. The van der Waals surface area contributed by atoms with Gasteiger partial charge in [0.25, 0.3) is 0 Å². The van der Waals surface area contributed by atoms with Gasteiger partial charge in [0.05, 0.1) is 6.61 Å². The summed E-state index contributed by atoms with van der Waals surface area (Å²) < 4.78 is 31.4. The van der Waals surface area contributed by atoms with Crippen molar-refractivity contribution < 1.29 is 28.5 Å². The highest BCUT2D eigenvalue weighted by Crippen LogP contribution is 2.36. The van der Waals surface area contributed by atoms with Crippen molar-refractivity contribution in [2.75, 3.05) is 6.61 Å². The molecule has 5 nitrogen and oxygen atoms in total. The Kier molecular flexibility index (Phi) is 4.07. The van der Waals surface area contributed by atoms with Crippen LogP contribution in [0.3, 0.4) is 0 Å². The molecule has 0 aliphatic heterocycles. The minimum atomic E-state index is -4.00. The Morgan fingerprint density at radius 1 is 1.50 bits per heavy atom. The number of halogens is 2. The van der Waals surface area contributed by atoms with Crippen LogP contribution >= 0.6 is 0 Å². The summed E-state index contributed by atoms with van der Waals surface area (Å²) in [5.41, 5.74) is 4.81. The van der Waals surface area contributed by atoms with Crippen LogP contribution < -0.4 is 5.73 Å². The molecule has 0 aliphatic carbocycles. The number of alkyl halides is 2. The smallest absolute Gasteiger partial charge is 0.379 e. The van der Waals surface area contributed by atoms with Gasteiger partial charge < -0.3 is 20.7 Å². The van der Waals surface area contributed by atoms with Gasteiger partial charge in [-0.05, 0) is 25.1 Å². The molecule has 0 aliphatic rings. The molecule has 0 aromatic heterocycles. The average molecular weight is 261 g/mol. The topological polar surface area (TPSA) is 92.8 Å². The van der Waals surface area contributed by atoms with E-state index in [1.165, 1.54) is 6.92 Å². The molecule has 1 rings (SSSR count). The van der Waals surface area contributed by atoms with Gasteiger partial charge in [-0.1, -0.05) is 0 Å². The number of aromatic hydroxyl groups is 2. The van der Waals surface area contributed by atoms with E-state index in [1.54, 1.807) is 0 Å². The van der Waals surface area contributed by atoms with Crippen LogP contribution in [0, 0.1) is 0 Å². The zero-order chi connectivity index (χ0) is 13.9. The highest BCUT2D eigenvalue weighted by atomic mass is 19.3. The fourth-order valence-corrected chi connectivity index (χ4v) is 1.34. The van der Waals surface area contributed by atoms with Crippen molar-refractivity contribution in [1.82, 2.24) is 0 Å². The Bertz CT molecular complexity index is 451. The van der Waals surface area contributed by atoms with Gasteiger partial charge in [-0.3, -0.25) is 0 Å². The molecule has 0 amide bonds. The van der Waals surface area contributed by atoms with E-state index in [-0.39, 0.29) is 12.4 Å². The fourth-order valence-electron chi connectivity index (χ4n) is 1.34. The van der Waals surface area contributed by atoms with Crippen molar-refractivity contribution in [3.8, 4) is 11.5 Å². The second-order valence-electron chi connectivity index (χ2n) is 3.56. The first-order chi connectivity index (χ1) is 8.30. The predicted octanol–water partition coefficient (Wildman–Crippen LogP) is 1.30. The van der Waals surface area contributed by atoms with E-state index in [1.807, 2.05) is 0 Å². The Balaban J connectivity index is 3.08. The number of phenolic OH excluding ortho intramolecular Hbond substituents is 2. The maximum atomic E-state index is 13.6. The number of carbonyl (C=O) groups excluding carboxylic acids is 1. The van der Waals surface area contributed by atoms with E-state index in [4.69, 9.17) is 10.8 Å². The van der Waals surface area contributed by atoms with Crippen molar-refractivity contribution >= 4 is 5.97 Å². The standard InChI is InChI=1S/C11H13F2NO4/c1-2-18-10(17)11(12,13)9(14)7-5-6(15)3-4-8(7)16/h3-5,9,15-16H,2,14H2,1H3/t9-/m0/s1. The zero-order valence-corrected chi connectivity index (χ0v) is 9.56. The first-order valence-electron chi connectivity index (χ1n) is 5.13. The number of ether oxygens (including phenoxy) is 1. The quantitative estimate of drug-likeness (QED) is 0.561. The molecular weight excluding hydrogens is 248 g/mol. The van der Waals surface area contributed by atoms with Gasteiger partial charge in [0.2, 0.25) is 0 Å². The Labute approximate surface area is 102 Å². The molecule has 1 aromatic rings.